The lowest BCUT2D eigenvalue weighted by atomic mass is 10.1. The van der Waals surface area contributed by atoms with E-state index in [9.17, 15) is 0 Å². The summed E-state index contributed by atoms with van der Waals surface area (Å²) in [5.41, 5.74) is 1.70. The predicted octanol–water partition coefficient (Wildman–Crippen LogP) is 3.14. The normalized spacial score (nSPS) is 26.4. The Bertz CT molecular complexity index is 111. The van der Waals surface area contributed by atoms with Crippen molar-refractivity contribution in [2.75, 3.05) is 0 Å². The Labute approximate surface area is 58.0 Å². The van der Waals surface area contributed by atoms with Gasteiger partial charge in [0.15, 0.2) is 0 Å². The largest absolute Gasteiger partial charge is 0.0825 e. The summed E-state index contributed by atoms with van der Waals surface area (Å²) in [7, 11) is 0. The Morgan fingerprint density at radius 3 is 2.89 bits per heavy atom. The van der Waals surface area contributed by atoms with Crippen LogP contribution in [0, 0.1) is 5.92 Å². The van der Waals surface area contributed by atoms with Crippen LogP contribution in [-0.4, -0.2) is 0 Å². The zero-order chi connectivity index (χ0) is 6.69. The highest BCUT2D eigenvalue weighted by Gasteiger charge is 2.09. The van der Waals surface area contributed by atoms with Crippen molar-refractivity contribution in [3.05, 3.63) is 11.6 Å². The first kappa shape index (κ1) is 6.85. The summed E-state index contributed by atoms with van der Waals surface area (Å²) >= 11 is 0. The molecular weight excluding hydrogens is 108 g/mol. The monoisotopic (exact) mass is 124 g/mol. The van der Waals surface area contributed by atoms with E-state index in [4.69, 9.17) is 0 Å². The fraction of sp³-hybridized carbons (Fsp3) is 0.778. The Kier molecular flexibility index (Phi) is 2.32. The molecule has 0 heterocycles. The molecule has 9 heavy (non-hydrogen) atoms. The average molecular weight is 124 g/mol. The number of hydrogen-bond acceptors (Lipinski definition) is 0. The fourth-order valence-electron chi connectivity index (χ4n) is 1.51. The molecule has 0 heteroatoms. The summed E-state index contributed by atoms with van der Waals surface area (Å²) in [5, 5.41) is 0. The molecule has 0 nitrogen and oxygen atoms in total. The van der Waals surface area contributed by atoms with Crippen molar-refractivity contribution < 1.29 is 0 Å². The quantitative estimate of drug-likeness (QED) is 0.496. The van der Waals surface area contributed by atoms with Crippen LogP contribution >= 0.6 is 0 Å². The number of rotatable bonds is 2. The van der Waals surface area contributed by atoms with Crippen molar-refractivity contribution in [3.63, 3.8) is 0 Å². The molecule has 0 aromatic carbocycles. The maximum atomic E-state index is 2.45. The molecule has 1 atom stereocenters. The van der Waals surface area contributed by atoms with Gasteiger partial charge in [-0.15, -0.1) is 0 Å². The van der Waals surface area contributed by atoms with Gasteiger partial charge in [0.25, 0.3) is 0 Å². The van der Waals surface area contributed by atoms with Gasteiger partial charge in [0.05, 0.1) is 0 Å². The molecule has 0 aromatic heterocycles. The Balaban J connectivity index is 2.33. The second-order valence-electron chi connectivity index (χ2n) is 3.09. The molecule has 1 unspecified atom stereocenters. The standard InChI is InChI=1S/C9H16/c1-3-4-9-6-5-8(2)7-9/h7-8H,3-6H2,1-2H3. The lowest BCUT2D eigenvalue weighted by Crippen LogP contribution is -1.77. The summed E-state index contributed by atoms with van der Waals surface area (Å²) in [6.07, 6.45) is 7.87. The second kappa shape index (κ2) is 3.05. The molecule has 0 amide bonds. The lowest BCUT2D eigenvalue weighted by molar-refractivity contribution is 0.693. The average Bonchev–Trinajstić information content (AvgIpc) is 2.17. The number of hydrogen-bond donors (Lipinski definition) is 0. The molecule has 0 N–H and O–H groups in total. The Hall–Kier alpha value is -0.260. The minimum absolute atomic E-state index is 0.867. The van der Waals surface area contributed by atoms with Crippen molar-refractivity contribution in [3.8, 4) is 0 Å². The van der Waals surface area contributed by atoms with Gasteiger partial charge < -0.3 is 0 Å². The maximum Gasteiger partial charge on any atom is -0.0256 e. The van der Waals surface area contributed by atoms with E-state index in [0.29, 0.717) is 0 Å². The molecule has 0 bridgehead atoms. The highest BCUT2D eigenvalue weighted by atomic mass is 14.1. The first-order valence-corrected chi connectivity index (χ1v) is 4.02. The molecular formula is C9H16. The third-order valence-corrected chi connectivity index (χ3v) is 2.01. The zero-order valence-corrected chi connectivity index (χ0v) is 6.48. The SMILES string of the molecule is CCCC1=CC(C)CC1. The molecule has 52 valence electrons. The molecule has 0 saturated carbocycles. The van der Waals surface area contributed by atoms with E-state index < -0.39 is 0 Å². The molecule has 0 aromatic rings. The summed E-state index contributed by atoms with van der Waals surface area (Å²) in [4.78, 5) is 0. The van der Waals surface area contributed by atoms with Gasteiger partial charge in [0.2, 0.25) is 0 Å². The van der Waals surface area contributed by atoms with Gasteiger partial charge in [-0.3, -0.25) is 0 Å². The summed E-state index contributed by atoms with van der Waals surface area (Å²) in [5.74, 6) is 0.867. The predicted molar refractivity (Wildman–Crippen MR) is 41.4 cm³/mol. The van der Waals surface area contributed by atoms with Crippen molar-refractivity contribution in [1.29, 1.82) is 0 Å². The van der Waals surface area contributed by atoms with E-state index in [2.05, 4.69) is 19.9 Å². The van der Waals surface area contributed by atoms with Crippen LogP contribution in [0.4, 0.5) is 0 Å². The topological polar surface area (TPSA) is 0 Å². The Morgan fingerprint density at radius 1 is 1.67 bits per heavy atom. The van der Waals surface area contributed by atoms with Crippen LogP contribution < -0.4 is 0 Å². The van der Waals surface area contributed by atoms with E-state index >= 15 is 0 Å². The second-order valence-corrected chi connectivity index (χ2v) is 3.09. The van der Waals surface area contributed by atoms with Crippen LogP contribution in [0.3, 0.4) is 0 Å². The van der Waals surface area contributed by atoms with Gasteiger partial charge in [-0.25, -0.2) is 0 Å². The molecule has 0 aliphatic heterocycles. The van der Waals surface area contributed by atoms with E-state index in [1.165, 1.54) is 25.7 Å². The molecule has 0 radical (unpaired) electrons. The van der Waals surface area contributed by atoms with Crippen LogP contribution in [0.1, 0.15) is 39.5 Å². The van der Waals surface area contributed by atoms with E-state index in [0.717, 1.165) is 5.92 Å². The first-order chi connectivity index (χ1) is 4.33. The number of allylic oxidation sites excluding steroid dienone is 2. The van der Waals surface area contributed by atoms with Gasteiger partial charge in [0.1, 0.15) is 0 Å². The van der Waals surface area contributed by atoms with Crippen molar-refractivity contribution >= 4 is 0 Å². The zero-order valence-electron chi connectivity index (χ0n) is 6.48. The van der Waals surface area contributed by atoms with Gasteiger partial charge >= 0.3 is 0 Å². The molecule has 0 fully saturated rings. The Morgan fingerprint density at radius 2 is 2.44 bits per heavy atom. The smallest absolute Gasteiger partial charge is 0.0256 e. The molecule has 1 rings (SSSR count). The van der Waals surface area contributed by atoms with Crippen molar-refractivity contribution in [1.82, 2.24) is 0 Å². The van der Waals surface area contributed by atoms with E-state index in [1.54, 1.807) is 5.57 Å². The van der Waals surface area contributed by atoms with Crippen LogP contribution in [0.2, 0.25) is 0 Å². The van der Waals surface area contributed by atoms with Crippen LogP contribution in [-0.2, 0) is 0 Å². The maximum absolute atomic E-state index is 2.45. The summed E-state index contributed by atoms with van der Waals surface area (Å²) in [6, 6.07) is 0. The minimum Gasteiger partial charge on any atom is -0.0825 e. The highest BCUT2D eigenvalue weighted by Crippen LogP contribution is 2.26. The summed E-state index contributed by atoms with van der Waals surface area (Å²) < 4.78 is 0. The van der Waals surface area contributed by atoms with Gasteiger partial charge in [-0.05, 0) is 25.2 Å². The summed E-state index contributed by atoms with van der Waals surface area (Å²) in [6.45, 7) is 4.56. The fourth-order valence-corrected chi connectivity index (χ4v) is 1.51. The van der Waals surface area contributed by atoms with Crippen molar-refractivity contribution in [2.24, 2.45) is 5.92 Å². The van der Waals surface area contributed by atoms with Crippen LogP contribution in [0.25, 0.3) is 0 Å². The molecule has 1 aliphatic carbocycles. The minimum atomic E-state index is 0.867. The molecule has 1 aliphatic rings. The highest BCUT2D eigenvalue weighted by molar-refractivity contribution is 5.09. The van der Waals surface area contributed by atoms with E-state index in [1.807, 2.05) is 0 Å². The third kappa shape index (κ3) is 1.85. The van der Waals surface area contributed by atoms with Gasteiger partial charge in [0, 0.05) is 0 Å². The lowest BCUT2D eigenvalue weighted by Gasteiger charge is -1.93. The van der Waals surface area contributed by atoms with E-state index in [-0.39, 0.29) is 0 Å². The first-order valence-electron chi connectivity index (χ1n) is 4.02. The van der Waals surface area contributed by atoms with Gasteiger partial charge in [-0.1, -0.05) is 31.9 Å². The van der Waals surface area contributed by atoms with Crippen molar-refractivity contribution in [2.45, 2.75) is 39.5 Å². The van der Waals surface area contributed by atoms with Gasteiger partial charge in [-0.2, -0.15) is 0 Å². The molecule has 0 saturated heterocycles. The van der Waals surface area contributed by atoms with Crippen LogP contribution in [0.5, 0.6) is 0 Å². The van der Waals surface area contributed by atoms with Crippen LogP contribution in [0.15, 0.2) is 11.6 Å². The third-order valence-electron chi connectivity index (χ3n) is 2.01. The molecule has 0 spiro atoms.